The second-order valence-electron chi connectivity index (χ2n) is 9.60. The summed E-state index contributed by atoms with van der Waals surface area (Å²) in [6.07, 6.45) is 7.67. The third-order valence-corrected chi connectivity index (χ3v) is 7.03. The first-order valence-corrected chi connectivity index (χ1v) is 12.7. The normalized spacial score (nSPS) is 15.7. The predicted octanol–water partition coefficient (Wildman–Crippen LogP) is 4.96. The third-order valence-electron chi connectivity index (χ3n) is 7.03. The maximum Gasteiger partial charge on any atom is 0.326 e. The third kappa shape index (κ3) is 4.47. The number of hydrogen-bond donors (Lipinski definition) is 3. The van der Waals surface area contributed by atoms with Gasteiger partial charge in [0.05, 0.1) is 0 Å². The number of ether oxygens (including phenoxy) is 1. The smallest absolute Gasteiger partial charge is 0.326 e. The van der Waals surface area contributed by atoms with Crippen LogP contribution in [0.1, 0.15) is 24.5 Å². The summed E-state index contributed by atoms with van der Waals surface area (Å²) in [4.78, 5) is 20.8. The Balaban J connectivity index is 1.17. The van der Waals surface area contributed by atoms with Crippen molar-refractivity contribution in [1.29, 1.82) is 0 Å². The van der Waals surface area contributed by atoms with Gasteiger partial charge < -0.3 is 24.8 Å². The van der Waals surface area contributed by atoms with E-state index in [1.807, 2.05) is 24.3 Å². The average Bonchev–Trinajstić information content (AvgIpc) is 3.50. The first-order chi connectivity index (χ1) is 18.7. The maximum absolute atomic E-state index is 15.1. The number of hydrogen-bond acceptors (Lipinski definition) is 8. The fourth-order valence-corrected chi connectivity index (χ4v) is 4.82. The van der Waals surface area contributed by atoms with E-state index in [-0.39, 0.29) is 11.8 Å². The molecule has 2 fully saturated rings. The molecule has 4 aromatic heterocycles. The number of nitrogens with zero attached hydrogens (tertiary/aromatic N) is 6. The number of H-pyrrole nitrogens is 2. The second kappa shape index (κ2) is 9.33. The van der Waals surface area contributed by atoms with E-state index in [1.54, 1.807) is 36.8 Å². The molecule has 192 valence electrons. The van der Waals surface area contributed by atoms with Crippen LogP contribution in [0.4, 0.5) is 27.5 Å². The number of aromatic amines is 2. The molecular formula is C27H26FN9O. The van der Waals surface area contributed by atoms with Gasteiger partial charge in [0, 0.05) is 85.1 Å². The van der Waals surface area contributed by atoms with Crippen LogP contribution in [0.2, 0.25) is 0 Å². The molecule has 3 N–H and O–H groups in total. The van der Waals surface area contributed by atoms with Crippen LogP contribution in [0.25, 0.3) is 10.9 Å². The van der Waals surface area contributed by atoms with Gasteiger partial charge in [-0.2, -0.15) is 15.1 Å². The van der Waals surface area contributed by atoms with Gasteiger partial charge in [-0.1, -0.05) is 0 Å². The molecule has 0 radical (unpaired) electrons. The van der Waals surface area contributed by atoms with E-state index in [1.165, 1.54) is 12.8 Å². The number of fused-ring (bicyclic) bond motifs is 1. The van der Waals surface area contributed by atoms with Gasteiger partial charge in [-0.3, -0.25) is 10.1 Å². The molecule has 5 heterocycles. The number of benzene rings is 1. The molecule has 11 heteroatoms. The predicted molar refractivity (Wildman–Crippen MR) is 143 cm³/mol. The van der Waals surface area contributed by atoms with Crippen LogP contribution in [-0.4, -0.2) is 56.3 Å². The number of halogens is 1. The van der Waals surface area contributed by atoms with E-state index in [2.05, 4.69) is 45.2 Å². The van der Waals surface area contributed by atoms with Crippen LogP contribution in [0.5, 0.6) is 11.8 Å². The summed E-state index contributed by atoms with van der Waals surface area (Å²) in [6.45, 7) is 3.18. The molecule has 1 saturated carbocycles. The quantitative estimate of drug-likeness (QED) is 0.281. The van der Waals surface area contributed by atoms with Crippen molar-refractivity contribution in [2.45, 2.75) is 18.8 Å². The van der Waals surface area contributed by atoms with Gasteiger partial charge in [0.25, 0.3) is 0 Å². The van der Waals surface area contributed by atoms with E-state index in [4.69, 9.17) is 4.74 Å². The highest BCUT2D eigenvalue weighted by molar-refractivity contribution is 5.81. The van der Waals surface area contributed by atoms with Gasteiger partial charge in [0.15, 0.2) is 17.4 Å². The highest BCUT2D eigenvalue weighted by Crippen LogP contribution is 2.40. The Morgan fingerprint density at radius 3 is 2.55 bits per heavy atom. The molecule has 1 aliphatic carbocycles. The Morgan fingerprint density at radius 1 is 0.921 bits per heavy atom. The Hall–Kier alpha value is -4.67. The van der Waals surface area contributed by atoms with Crippen molar-refractivity contribution in [3.8, 4) is 11.8 Å². The molecule has 0 unspecified atom stereocenters. The molecule has 38 heavy (non-hydrogen) atoms. The lowest BCUT2D eigenvalue weighted by molar-refractivity contribution is 0.414. The van der Waals surface area contributed by atoms with Gasteiger partial charge in [-0.25, -0.2) is 4.39 Å². The standard InChI is InChI=1S/C27H26FN9O/c28-26-19-7-10-30-20(19)3-4-22(26)38-27-32-23(31-24-15-21(34-35-24)17-1-2-17)16-25(33-27)37-13-11-36(12-14-37)18-5-8-29-9-6-18/h3-10,15-17,30H,1-2,11-14H2,(H2,31,32,33,34,35). The molecule has 1 saturated heterocycles. The minimum Gasteiger partial charge on any atom is -0.421 e. The molecule has 5 aromatic rings. The number of pyridine rings is 1. The van der Waals surface area contributed by atoms with Crippen molar-refractivity contribution in [1.82, 2.24) is 30.1 Å². The van der Waals surface area contributed by atoms with Crippen molar-refractivity contribution >= 4 is 34.0 Å². The van der Waals surface area contributed by atoms with Crippen molar-refractivity contribution in [2.24, 2.45) is 0 Å². The lowest BCUT2D eigenvalue weighted by Crippen LogP contribution is -2.46. The summed E-state index contributed by atoms with van der Waals surface area (Å²) < 4.78 is 21.0. The Labute approximate surface area is 217 Å². The Morgan fingerprint density at radius 2 is 1.74 bits per heavy atom. The summed E-state index contributed by atoms with van der Waals surface area (Å²) >= 11 is 0. The molecule has 0 amide bonds. The Kier molecular flexibility index (Phi) is 5.53. The zero-order chi connectivity index (χ0) is 25.5. The van der Waals surface area contributed by atoms with Crippen molar-refractivity contribution in [3.63, 3.8) is 0 Å². The van der Waals surface area contributed by atoms with E-state index >= 15 is 4.39 Å². The fourth-order valence-electron chi connectivity index (χ4n) is 4.82. The van der Waals surface area contributed by atoms with Crippen molar-refractivity contribution < 1.29 is 9.13 Å². The van der Waals surface area contributed by atoms with Crippen LogP contribution in [0, 0.1) is 5.82 Å². The van der Waals surface area contributed by atoms with E-state index in [0.717, 1.165) is 37.6 Å². The van der Waals surface area contributed by atoms with Crippen molar-refractivity contribution in [3.05, 3.63) is 72.6 Å². The first kappa shape index (κ1) is 22.5. The summed E-state index contributed by atoms with van der Waals surface area (Å²) in [6, 6.07) is 13.0. The minimum absolute atomic E-state index is 0.0632. The van der Waals surface area contributed by atoms with Gasteiger partial charge in [-0.15, -0.1) is 0 Å². The average molecular weight is 512 g/mol. The molecule has 0 bridgehead atoms. The largest absolute Gasteiger partial charge is 0.421 e. The first-order valence-electron chi connectivity index (χ1n) is 12.7. The number of nitrogens with one attached hydrogen (secondary N) is 3. The Bertz CT molecular complexity index is 1570. The SMILES string of the molecule is Fc1c(Oc2nc(Nc3cc(C4CC4)[nH]n3)cc(N3CCN(c4ccncc4)CC3)n2)ccc2[nH]ccc12. The molecule has 2 aliphatic rings. The second-order valence-corrected chi connectivity index (χ2v) is 9.60. The highest BCUT2D eigenvalue weighted by Gasteiger charge is 2.26. The van der Waals surface area contributed by atoms with Crippen LogP contribution < -0.4 is 19.9 Å². The summed E-state index contributed by atoms with van der Waals surface area (Å²) in [5.41, 5.74) is 2.96. The topological polar surface area (TPSA) is 111 Å². The van der Waals surface area contributed by atoms with Crippen LogP contribution >= 0.6 is 0 Å². The summed E-state index contributed by atoms with van der Waals surface area (Å²) in [5.74, 6) is 2.07. The van der Waals surface area contributed by atoms with Gasteiger partial charge in [-0.05, 0) is 43.2 Å². The van der Waals surface area contributed by atoms with E-state index < -0.39 is 5.82 Å². The molecule has 10 nitrogen and oxygen atoms in total. The van der Waals surface area contributed by atoms with E-state index in [0.29, 0.717) is 34.3 Å². The number of anilines is 4. The van der Waals surface area contributed by atoms with Crippen LogP contribution in [0.3, 0.4) is 0 Å². The minimum atomic E-state index is -0.459. The number of piperazine rings is 1. The monoisotopic (exact) mass is 511 g/mol. The molecule has 0 spiro atoms. The highest BCUT2D eigenvalue weighted by atomic mass is 19.1. The zero-order valence-electron chi connectivity index (χ0n) is 20.6. The number of rotatable bonds is 7. The van der Waals surface area contributed by atoms with Crippen LogP contribution in [0.15, 0.2) is 61.1 Å². The van der Waals surface area contributed by atoms with Gasteiger partial charge in [0.1, 0.15) is 11.6 Å². The summed E-state index contributed by atoms with van der Waals surface area (Å²) in [5, 5.41) is 11.2. The summed E-state index contributed by atoms with van der Waals surface area (Å²) in [7, 11) is 0. The molecular weight excluding hydrogens is 485 g/mol. The molecule has 7 rings (SSSR count). The van der Waals surface area contributed by atoms with Crippen LogP contribution in [-0.2, 0) is 0 Å². The molecule has 0 atom stereocenters. The lowest BCUT2D eigenvalue weighted by Gasteiger charge is -2.36. The van der Waals surface area contributed by atoms with E-state index in [9.17, 15) is 0 Å². The molecule has 1 aromatic carbocycles. The van der Waals surface area contributed by atoms with Crippen molar-refractivity contribution in [2.75, 3.05) is 41.3 Å². The van der Waals surface area contributed by atoms with Gasteiger partial charge in [0.2, 0.25) is 0 Å². The number of aromatic nitrogens is 6. The fraction of sp³-hybridized carbons (Fsp3) is 0.259. The van der Waals surface area contributed by atoms with Gasteiger partial charge >= 0.3 is 6.01 Å². The zero-order valence-corrected chi connectivity index (χ0v) is 20.6. The molecule has 1 aliphatic heterocycles. The maximum atomic E-state index is 15.1. The lowest BCUT2D eigenvalue weighted by atomic mass is 10.2.